The average molecular weight is 519 g/mol. The van der Waals surface area contributed by atoms with Crippen molar-refractivity contribution < 1.29 is 0 Å². The number of hydrogen-bond donors (Lipinski definition) is 4. The van der Waals surface area contributed by atoms with Crippen molar-refractivity contribution in [2.45, 2.75) is 63.8 Å². The summed E-state index contributed by atoms with van der Waals surface area (Å²) < 4.78 is 0. The molecular weight excluding hydrogens is 480 g/mol. The maximum atomic E-state index is 6.58. The number of fused-ring (bicyclic) bond motifs is 2. The molecule has 2 aliphatic carbocycles. The van der Waals surface area contributed by atoms with Gasteiger partial charge in [0.05, 0.1) is 23.3 Å². The number of aromatic amines is 1. The van der Waals surface area contributed by atoms with Gasteiger partial charge in [-0.3, -0.25) is 4.99 Å². The van der Waals surface area contributed by atoms with E-state index in [-0.39, 0.29) is 0 Å². The second-order valence-electron chi connectivity index (χ2n) is 11.8. The van der Waals surface area contributed by atoms with Crippen LogP contribution in [-0.2, 0) is 19.3 Å². The molecule has 3 aliphatic rings. The van der Waals surface area contributed by atoms with Crippen LogP contribution in [0.5, 0.6) is 0 Å². The second kappa shape index (κ2) is 9.92. The van der Waals surface area contributed by atoms with Crippen LogP contribution in [0.3, 0.4) is 0 Å². The highest BCUT2D eigenvalue weighted by atomic mass is 15.0. The molecule has 1 aliphatic heterocycles. The Balaban J connectivity index is 1.16. The third-order valence-electron chi connectivity index (χ3n) is 9.33. The smallest absolute Gasteiger partial charge is 0.106 e. The lowest BCUT2D eigenvalue weighted by Gasteiger charge is -2.14. The number of imidazole rings is 1. The first-order valence-corrected chi connectivity index (χ1v) is 14.6. The minimum atomic E-state index is 0.354. The third kappa shape index (κ3) is 4.66. The van der Waals surface area contributed by atoms with Crippen LogP contribution in [-0.4, -0.2) is 35.3 Å². The Kier molecular flexibility index (Phi) is 6.25. The molecule has 1 unspecified atom stereocenters. The lowest BCUT2D eigenvalue weighted by atomic mass is 9.91. The molecular formula is C33H38N6. The number of aliphatic imine (C=N–C) groups is 1. The molecule has 2 heterocycles. The summed E-state index contributed by atoms with van der Waals surface area (Å²) in [5.74, 6) is 1.08. The summed E-state index contributed by atoms with van der Waals surface area (Å²) in [6.45, 7) is 1.86. The van der Waals surface area contributed by atoms with E-state index < -0.39 is 0 Å². The summed E-state index contributed by atoms with van der Waals surface area (Å²) in [6.07, 6.45) is 14.4. The summed E-state index contributed by atoms with van der Waals surface area (Å²) in [4.78, 5) is 13.1. The summed E-state index contributed by atoms with van der Waals surface area (Å²) in [6, 6.07) is 15.8. The molecule has 0 amide bonds. The second-order valence-corrected chi connectivity index (χ2v) is 11.8. The number of nitrogen functional groups attached to an aromatic ring is 1. The Hall–Kier alpha value is -3.48. The van der Waals surface area contributed by atoms with Crippen LogP contribution in [0, 0.1) is 5.41 Å². The number of nitrogens with two attached hydrogens (primary N) is 2. The van der Waals surface area contributed by atoms with Gasteiger partial charge < -0.3 is 21.8 Å². The number of rotatable bonds is 8. The zero-order valence-corrected chi connectivity index (χ0v) is 22.6. The summed E-state index contributed by atoms with van der Waals surface area (Å²) in [7, 11) is 0. The van der Waals surface area contributed by atoms with Gasteiger partial charge in [0, 0.05) is 29.6 Å². The fraction of sp³-hybridized carbons (Fsp3) is 0.394. The van der Waals surface area contributed by atoms with Crippen molar-refractivity contribution in [1.82, 2.24) is 15.3 Å². The van der Waals surface area contributed by atoms with Crippen molar-refractivity contribution >= 4 is 28.4 Å². The summed E-state index contributed by atoms with van der Waals surface area (Å²) in [5.41, 5.74) is 22.5. The van der Waals surface area contributed by atoms with Gasteiger partial charge in [-0.05, 0) is 110 Å². The number of hydrogen-bond acceptors (Lipinski definition) is 5. The van der Waals surface area contributed by atoms with E-state index in [1.807, 2.05) is 12.4 Å². The van der Waals surface area contributed by atoms with Crippen LogP contribution in [0.1, 0.15) is 55.5 Å². The molecule has 1 atom stereocenters. The van der Waals surface area contributed by atoms with E-state index in [2.05, 4.69) is 52.8 Å². The van der Waals surface area contributed by atoms with E-state index in [9.17, 15) is 0 Å². The van der Waals surface area contributed by atoms with Crippen LogP contribution in [0.15, 0.2) is 53.7 Å². The van der Waals surface area contributed by atoms with Crippen LogP contribution >= 0.6 is 0 Å². The van der Waals surface area contributed by atoms with Crippen LogP contribution in [0.4, 0.5) is 11.4 Å². The van der Waals surface area contributed by atoms with E-state index in [1.165, 1.54) is 53.5 Å². The number of aryl methyl sites for hydroxylation is 1. The van der Waals surface area contributed by atoms with Gasteiger partial charge in [0.25, 0.3) is 0 Å². The topological polar surface area (TPSA) is 105 Å². The maximum Gasteiger partial charge on any atom is 0.106 e. The Morgan fingerprint density at radius 3 is 2.67 bits per heavy atom. The fourth-order valence-electron chi connectivity index (χ4n) is 6.60. The number of anilines is 1. The molecule has 1 aromatic heterocycles. The molecule has 0 spiro atoms. The quantitative estimate of drug-likeness (QED) is 0.167. The maximum absolute atomic E-state index is 6.58. The highest BCUT2D eigenvalue weighted by molar-refractivity contribution is 6.01. The number of aromatic nitrogens is 2. The van der Waals surface area contributed by atoms with Gasteiger partial charge in [0.2, 0.25) is 0 Å². The molecule has 3 aromatic carbocycles. The third-order valence-corrected chi connectivity index (χ3v) is 9.33. The van der Waals surface area contributed by atoms with Gasteiger partial charge in [-0.1, -0.05) is 30.3 Å². The highest BCUT2D eigenvalue weighted by Crippen LogP contribution is 2.48. The number of benzene rings is 3. The minimum absolute atomic E-state index is 0.354. The predicted molar refractivity (Wildman–Crippen MR) is 162 cm³/mol. The van der Waals surface area contributed by atoms with Gasteiger partial charge >= 0.3 is 0 Å². The van der Waals surface area contributed by atoms with Gasteiger partial charge in [-0.2, -0.15) is 0 Å². The molecule has 7 rings (SSSR count). The van der Waals surface area contributed by atoms with E-state index in [4.69, 9.17) is 21.4 Å². The molecule has 6 N–H and O–H groups in total. The van der Waals surface area contributed by atoms with Crippen molar-refractivity contribution in [2.24, 2.45) is 16.1 Å². The zero-order valence-electron chi connectivity index (χ0n) is 22.6. The first-order chi connectivity index (χ1) is 19.1. The SMILES string of the molecule is NCC1(CCc2ncc(-c3ccc(-c4ccc5c(N)c(N=CC6CCCN6)ccc5c4)c4c3CCC4)[nH]2)CC1. The molecule has 39 heavy (non-hydrogen) atoms. The molecule has 1 saturated carbocycles. The molecule has 0 radical (unpaired) electrons. The van der Waals surface area contributed by atoms with Gasteiger partial charge in [0.15, 0.2) is 0 Å². The Morgan fingerprint density at radius 2 is 1.87 bits per heavy atom. The largest absolute Gasteiger partial charge is 0.396 e. The van der Waals surface area contributed by atoms with Crippen LogP contribution < -0.4 is 16.8 Å². The van der Waals surface area contributed by atoms with Gasteiger partial charge in [-0.15, -0.1) is 0 Å². The van der Waals surface area contributed by atoms with Crippen molar-refractivity contribution in [1.29, 1.82) is 0 Å². The van der Waals surface area contributed by atoms with Crippen molar-refractivity contribution in [3.05, 3.63) is 65.6 Å². The Morgan fingerprint density at radius 1 is 1.03 bits per heavy atom. The molecule has 1 saturated heterocycles. The van der Waals surface area contributed by atoms with E-state index >= 15 is 0 Å². The van der Waals surface area contributed by atoms with Crippen molar-refractivity contribution in [3.8, 4) is 22.4 Å². The molecule has 4 aromatic rings. The van der Waals surface area contributed by atoms with E-state index in [0.29, 0.717) is 11.5 Å². The normalized spacial score (nSPS) is 19.8. The Labute approximate surface area is 230 Å². The molecule has 6 nitrogen and oxygen atoms in total. The summed E-state index contributed by atoms with van der Waals surface area (Å²) in [5, 5.41) is 5.68. The first kappa shape index (κ1) is 24.6. The van der Waals surface area contributed by atoms with E-state index in [0.717, 1.165) is 78.9 Å². The highest BCUT2D eigenvalue weighted by Gasteiger charge is 2.40. The zero-order chi connectivity index (χ0) is 26.4. The predicted octanol–water partition coefficient (Wildman–Crippen LogP) is 6.09. The Bertz CT molecular complexity index is 1550. The number of nitrogens with one attached hydrogen (secondary N) is 2. The number of nitrogens with zero attached hydrogens (tertiary/aromatic N) is 2. The molecule has 2 fully saturated rings. The summed E-state index contributed by atoms with van der Waals surface area (Å²) >= 11 is 0. The minimum Gasteiger partial charge on any atom is -0.396 e. The average Bonchev–Trinajstić information content (AvgIpc) is 3.38. The monoisotopic (exact) mass is 518 g/mol. The van der Waals surface area contributed by atoms with E-state index in [1.54, 1.807) is 0 Å². The fourth-order valence-corrected chi connectivity index (χ4v) is 6.60. The molecule has 6 heteroatoms. The van der Waals surface area contributed by atoms with Crippen molar-refractivity contribution in [2.75, 3.05) is 18.8 Å². The van der Waals surface area contributed by atoms with Crippen LogP contribution in [0.2, 0.25) is 0 Å². The van der Waals surface area contributed by atoms with Gasteiger partial charge in [0.1, 0.15) is 5.82 Å². The van der Waals surface area contributed by atoms with Gasteiger partial charge in [-0.25, -0.2) is 4.98 Å². The van der Waals surface area contributed by atoms with Crippen LogP contribution in [0.25, 0.3) is 33.2 Å². The molecule has 0 bridgehead atoms. The molecule has 200 valence electrons. The first-order valence-electron chi connectivity index (χ1n) is 14.6. The standard InChI is InChI=1S/C33H38N6/c34-20-33(14-15-33)13-12-31-38-19-30(39-31)28-10-9-24(26-4-1-5-27(26)28)21-6-8-25-22(17-21)7-11-29(32(25)35)37-18-23-3-2-16-36-23/h6-11,17-19,23,36H,1-5,12-16,20,34-35H2,(H,38,39). The number of H-pyrrole nitrogens is 1. The lowest BCUT2D eigenvalue weighted by Crippen LogP contribution is -2.22. The van der Waals surface area contributed by atoms with Crippen molar-refractivity contribution in [3.63, 3.8) is 0 Å². The lowest BCUT2D eigenvalue weighted by molar-refractivity contribution is 0.473.